The Hall–Kier alpha value is -1.62. The summed E-state index contributed by atoms with van der Waals surface area (Å²) in [5.74, 6) is 2.48. The molecule has 2 N–H and O–H groups in total. The number of anilines is 2. The Morgan fingerprint density at radius 1 is 1.39 bits per heavy atom. The average molecular weight is 262 g/mol. The molecule has 5 heteroatoms. The molecule has 18 heavy (non-hydrogen) atoms. The molecule has 2 heterocycles. The van der Waals surface area contributed by atoms with E-state index in [0.717, 1.165) is 18.2 Å². The predicted molar refractivity (Wildman–Crippen MR) is 77.0 cm³/mol. The van der Waals surface area contributed by atoms with Gasteiger partial charge in [0.2, 0.25) is 0 Å². The second kappa shape index (κ2) is 5.35. The van der Waals surface area contributed by atoms with Gasteiger partial charge in [0, 0.05) is 23.9 Å². The van der Waals surface area contributed by atoms with Crippen molar-refractivity contribution in [2.45, 2.75) is 26.3 Å². The van der Waals surface area contributed by atoms with Crippen LogP contribution in [-0.4, -0.2) is 17.0 Å². The summed E-state index contributed by atoms with van der Waals surface area (Å²) in [5, 5.41) is 2.08. The smallest absolute Gasteiger partial charge is 0.135 e. The predicted octanol–water partition coefficient (Wildman–Crippen LogP) is 2.88. The number of aromatic nitrogens is 2. The maximum atomic E-state index is 5.83. The topological polar surface area (TPSA) is 55.0 Å². The molecule has 0 saturated heterocycles. The summed E-state index contributed by atoms with van der Waals surface area (Å²) < 4.78 is 0. The van der Waals surface area contributed by atoms with Crippen molar-refractivity contribution >= 4 is 23.0 Å². The highest BCUT2D eigenvalue weighted by Gasteiger charge is 2.10. The van der Waals surface area contributed by atoms with Crippen LogP contribution in [0, 0.1) is 0 Å². The Morgan fingerprint density at radius 2 is 2.17 bits per heavy atom. The molecule has 2 aromatic rings. The van der Waals surface area contributed by atoms with E-state index in [0.29, 0.717) is 5.82 Å². The normalized spacial score (nSPS) is 10.9. The highest BCUT2D eigenvalue weighted by atomic mass is 32.1. The number of thiophene rings is 1. The number of rotatable bonds is 4. The molecule has 0 aliphatic rings. The third-order valence-corrected chi connectivity index (χ3v) is 3.49. The minimum absolute atomic E-state index is 0.280. The van der Waals surface area contributed by atoms with E-state index >= 15 is 0 Å². The van der Waals surface area contributed by atoms with Gasteiger partial charge in [-0.25, -0.2) is 9.97 Å². The Morgan fingerprint density at radius 3 is 2.78 bits per heavy atom. The minimum Gasteiger partial charge on any atom is -0.384 e. The van der Waals surface area contributed by atoms with E-state index in [1.807, 2.05) is 13.1 Å². The van der Waals surface area contributed by atoms with E-state index in [1.165, 1.54) is 4.88 Å². The summed E-state index contributed by atoms with van der Waals surface area (Å²) in [7, 11) is 2.02. The van der Waals surface area contributed by atoms with Crippen LogP contribution in [0.3, 0.4) is 0 Å². The maximum Gasteiger partial charge on any atom is 0.135 e. The van der Waals surface area contributed by atoms with Crippen LogP contribution >= 0.6 is 11.3 Å². The van der Waals surface area contributed by atoms with E-state index in [9.17, 15) is 0 Å². The lowest BCUT2D eigenvalue weighted by molar-refractivity contribution is 0.766. The van der Waals surface area contributed by atoms with Gasteiger partial charge in [0.25, 0.3) is 0 Å². The SMILES string of the molecule is CC(C)c1nc(N)cc(N(C)Cc2cccs2)n1. The van der Waals surface area contributed by atoms with Crippen molar-refractivity contribution in [1.82, 2.24) is 9.97 Å². The van der Waals surface area contributed by atoms with Gasteiger partial charge in [-0.2, -0.15) is 0 Å². The van der Waals surface area contributed by atoms with Crippen molar-refractivity contribution in [1.29, 1.82) is 0 Å². The number of nitrogens with zero attached hydrogens (tertiary/aromatic N) is 3. The largest absolute Gasteiger partial charge is 0.384 e. The van der Waals surface area contributed by atoms with Crippen LogP contribution in [-0.2, 0) is 6.54 Å². The highest BCUT2D eigenvalue weighted by Crippen LogP contribution is 2.20. The van der Waals surface area contributed by atoms with Gasteiger partial charge < -0.3 is 10.6 Å². The molecule has 0 amide bonds. The van der Waals surface area contributed by atoms with Crippen molar-refractivity contribution in [2.24, 2.45) is 0 Å². The van der Waals surface area contributed by atoms with E-state index in [4.69, 9.17) is 5.73 Å². The Labute approximate surface area is 111 Å². The van der Waals surface area contributed by atoms with Gasteiger partial charge >= 0.3 is 0 Å². The van der Waals surface area contributed by atoms with Crippen LogP contribution in [0.2, 0.25) is 0 Å². The summed E-state index contributed by atoms with van der Waals surface area (Å²) in [6.07, 6.45) is 0. The van der Waals surface area contributed by atoms with E-state index in [2.05, 4.69) is 46.2 Å². The van der Waals surface area contributed by atoms with Crippen LogP contribution in [0.5, 0.6) is 0 Å². The molecule has 2 aromatic heterocycles. The van der Waals surface area contributed by atoms with Gasteiger partial charge in [0.15, 0.2) is 0 Å². The lowest BCUT2D eigenvalue weighted by atomic mass is 10.2. The fourth-order valence-electron chi connectivity index (χ4n) is 1.64. The van der Waals surface area contributed by atoms with Gasteiger partial charge in [-0.3, -0.25) is 0 Å². The number of hydrogen-bond donors (Lipinski definition) is 1. The zero-order valence-corrected chi connectivity index (χ0v) is 11.7. The molecule has 0 unspecified atom stereocenters. The molecule has 0 bridgehead atoms. The zero-order chi connectivity index (χ0) is 13.1. The third kappa shape index (κ3) is 2.98. The molecule has 2 rings (SSSR count). The number of nitrogen functional groups attached to an aromatic ring is 1. The molecule has 0 spiro atoms. The number of nitrogens with two attached hydrogens (primary N) is 1. The van der Waals surface area contributed by atoms with E-state index in [-0.39, 0.29) is 5.92 Å². The molecule has 0 aromatic carbocycles. The van der Waals surface area contributed by atoms with Crippen LogP contribution < -0.4 is 10.6 Å². The molecule has 0 fully saturated rings. The Kier molecular flexibility index (Phi) is 3.81. The zero-order valence-electron chi connectivity index (χ0n) is 10.9. The molecular formula is C13H18N4S. The first-order chi connectivity index (χ1) is 8.56. The van der Waals surface area contributed by atoms with Crippen molar-refractivity contribution < 1.29 is 0 Å². The van der Waals surface area contributed by atoms with Crippen molar-refractivity contribution in [2.75, 3.05) is 17.7 Å². The van der Waals surface area contributed by atoms with Gasteiger partial charge in [-0.1, -0.05) is 19.9 Å². The molecule has 96 valence electrons. The van der Waals surface area contributed by atoms with Crippen LogP contribution in [0.1, 0.15) is 30.5 Å². The fraction of sp³-hybridized carbons (Fsp3) is 0.385. The van der Waals surface area contributed by atoms with Crippen molar-refractivity contribution in [3.63, 3.8) is 0 Å². The summed E-state index contributed by atoms with van der Waals surface area (Å²) in [5.41, 5.74) is 5.83. The summed E-state index contributed by atoms with van der Waals surface area (Å²) in [4.78, 5) is 12.2. The third-order valence-electron chi connectivity index (χ3n) is 2.63. The molecule has 0 aliphatic carbocycles. The second-order valence-corrected chi connectivity index (χ2v) is 5.63. The lowest BCUT2D eigenvalue weighted by Crippen LogP contribution is -2.18. The monoisotopic (exact) mass is 262 g/mol. The Balaban J connectivity index is 2.21. The quantitative estimate of drug-likeness (QED) is 0.920. The minimum atomic E-state index is 0.280. The van der Waals surface area contributed by atoms with Crippen LogP contribution in [0.4, 0.5) is 11.6 Å². The average Bonchev–Trinajstić information content (AvgIpc) is 2.80. The molecule has 0 radical (unpaired) electrons. The molecule has 0 saturated carbocycles. The van der Waals surface area contributed by atoms with Gasteiger partial charge in [-0.05, 0) is 11.4 Å². The van der Waals surface area contributed by atoms with Crippen molar-refractivity contribution in [3.8, 4) is 0 Å². The van der Waals surface area contributed by atoms with Gasteiger partial charge in [0.05, 0.1) is 6.54 Å². The lowest BCUT2D eigenvalue weighted by Gasteiger charge is -2.18. The maximum absolute atomic E-state index is 5.83. The van der Waals surface area contributed by atoms with Crippen molar-refractivity contribution in [3.05, 3.63) is 34.3 Å². The summed E-state index contributed by atoms with van der Waals surface area (Å²) in [6.45, 7) is 4.97. The first-order valence-electron chi connectivity index (χ1n) is 5.94. The fourth-order valence-corrected chi connectivity index (χ4v) is 2.40. The summed E-state index contributed by atoms with van der Waals surface area (Å²) in [6, 6.07) is 6.00. The van der Waals surface area contributed by atoms with Crippen LogP contribution in [0.15, 0.2) is 23.6 Å². The second-order valence-electron chi connectivity index (χ2n) is 4.60. The highest BCUT2D eigenvalue weighted by molar-refractivity contribution is 7.09. The molecule has 0 aliphatic heterocycles. The first kappa shape index (κ1) is 12.8. The Bertz CT molecular complexity index is 508. The molecule has 4 nitrogen and oxygen atoms in total. The molecule has 0 atom stereocenters. The van der Waals surface area contributed by atoms with Gasteiger partial charge in [-0.15, -0.1) is 11.3 Å². The standard InChI is InChI=1S/C13H18N4S/c1-9(2)13-15-11(14)7-12(16-13)17(3)8-10-5-4-6-18-10/h4-7,9H,8H2,1-3H3,(H2,14,15,16). The first-order valence-corrected chi connectivity index (χ1v) is 6.82. The van der Waals surface area contributed by atoms with Gasteiger partial charge in [0.1, 0.15) is 17.5 Å². The van der Waals surface area contributed by atoms with E-state index < -0.39 is 0 Å². The number of hydrogen-bond acceptors (Lipinski definition) is 5. The molecular weight excluding hydrogens is 244 g/mol. The van der Waals surface area contributed by atoms with E-state index in [1.54, 1.807) is 11.3 Å². The summed E-state index contributed by atoms with van der Waals surface area (Å²) >= 11 is 1.74. The van der Waals surface area contributed by atoms with Crippen LogP contribution in [0.25, 0.3) is 0 Å².